The lowest BCUT2D eigenvalue weighted by Crippen LogP contribution is -2.29. The standard InChI is InChI=1S/C16H23N3O2/c1-10(11-5-3-2-4-6-11)18-13-8-14-15(7-12(13)17)21-9-16(20)19-14/h7-8,10-11,18H,2-6,9,17H2,1H3,(H,19,20). The van der Waals surface area contributed by atoms with Crippen molar-refractivity contribution in [2.24, 2.45) is 5.92 Å². The fraction of sp³-hybridized carbons (Fsp3) is 0.562. The number of rotatable bonds is 3. The van der Waals surface area contributed by atoms with Gasteiger partial charge in [0.05, 0.1) is 17.1 Å². The monoisotopic (exact) mass is 289 g/mol. The quantitative estimate of drug-likeness (QED) is 0.748. The van der Waals surface area contributed by atoms with Crippen molar-refractivity contribution in [1.29, 1.82) is 0 Å². The first-order valence-electron chi connectivity index (χ1n) is 7.76. The molecule has 4 N–H and O–H groups in total. The highest BCUT2D eigenvalue weighted by atomic mass is 16.5. The molecule has 1 unspecified atom stereocenters. The van der Waals surface area contributed by atoms with Gasteiger partial charge in [-0.25, -0.2) is 0 Å². The average molecular weight is 289 g/mol. The van der Waals surface area contributed by atoms with Crippen molar-refractivity contribution in [3.63, 3.8) is 0 Å². The molecule has 5 heteroatoms. The minimum atomic E-state index is -0.126. The molecule has 2 aliphatic rings. The molecule has 114 valence electrons. The Labute approximate surface area is 125 Å². The molecule has 21 heavy (non-hydrogen) atoms. The second kappa shape index (κ2) is 5.84. The Balaban J connectivity index is 1.75. The predicted octanol–water partition coefficient (Wildman–Crippen LogP) is 2.98. The molecule has 1 saturated carbocycles. The second-order valence-electron chi connectivity index (χ2n) is 6.10. The van der Waals surface area contributed by atoms with E-state index < -0.39 is 0 Å². The maximum atomic E-state index is 11.4. The van der Waals surface area contributed by atoms with E-state index in [0.717, 1.165) is 5.69 Å². The molecule has 1 aliphatic heterocycles. The van der Waals surface area contributed by atoms with Crippen molar-refractivity contribution in [1.82, 2.24) is 0 Å². The number of carbonyl (C=O) groups is 1. The van der Waals surface area contributed by atoms with E-state index in [2.05, 4.69) is 17.6 Å². The number of nitrogens with two attached hydrogens (primary N) is 1. The maximum absolute atomic E-state index is 11.4. The first-order valence-corrected chi connectivity index (χ1v) is 7.76. The van der Waals surface area contributed by atoms with Crippen molar-refractivity contribution in [3.05, 3.63) is 12.1 Å². The smallest absolute Gasteiger partial charge is 0.262 e. The van der Waals surface area contributed by atoms with Gasteiger partial charge in [0.2, 0.25) is 0 Å². The molecule has 1 heterocycles. The van der Waals surface area contributed by atoms with Gasteiger partial charge in [0.15, 0.2) is 6.61 Å². The summed E-state index contributed by atoms with van der Waals surface area (Å²) in [7, 11) is 0. The van der Waals surface area contributed by atoms with Crippen LogP contribution in [0, 0.1) is 5.92 Å². The van der Waals surface area contributed by atoms with E-state index >= 15 is 0 Å². The van der Waals surface area contributed by atoms with Crippen LogP contribution < -0.4 is 21.1 Å². The SMILES string of the molecule is CC(Nc1cc2c(cc1N)OCC(=O)N2)C1CCCCC1. The van der Waals surface area contributed by atoms with Crippen LogP contribution in [0.25, 0.3) is 0 Å². The molecular weight excluding hydrogens is 266 g/mol. The normalized spacial score (nSPS) is 20.1. The number of carbonyl (C=O) groups excluding carboxylic acids is 1. The van der Waals surface area contributed by atoms with Crippen molar-refractivity contribution in [2.45, 2.75) is 45.1 Å². The van der Waals surface area contributed by atoms with E-state index in [4.69, 9.17) is 10.5 Å². The summed E-state index contributed by atoms with van der Waals surface area (Å²) in [5, 5.41) is 6.33. The first-order chi connectivity index (χ1) is 10.1. The van der Waals surface area contributed by atoms with Crippen molar-refractivity contribution in [2.75, 3.05) is 23.0 Å². The van der Waals surface area contributed by atoms with Gasteiger partial charge in [-0.15, -0.1) is 0 Å². The predicted molar refractivity (Wildman–Crippen MR) is 84.6 cm³/mol. The van der Waals surface area contributed by atoms with E-state index in [9.17, 15) is 4.79 Å². The lowest BCUT2D eigenvalue weighted by molar-refractivity contribution is -0.118. The molecule has 3 rings (SSSR count). The van der Waals surface area contributed by atoms with Gasteiger partial charge in [0, 0.05) is 12.1 Å². The van der Waals surface area contributed by atoms with Crippen molar-refractivity contribution in [3.8, 4) is 5.75 Å². The van der Waals surface area contributed by atoms with Gasteiger partial charge in [-0.05, 0) is 31.7 Å². The number of benzene rings is 1. The third-order valence-electron chi connectivity index (χ3n) is 4.52. The topological polar surface area (TPSA) is 76.4 Å². The number of amides is 1. The molecule has 1 aliphatic carbocycles. The number of nitrogens with one attached hydrogen (secondary N) is 2. The van der Waals surface area contributed by atoms with Gasteiger partial charge in [0.1, 0.15) is 5.75 Å². The van der Waals surface area contributed by atoms with Crippen LogP contribution in [0.2, 0.25) is 0 Å². The van der Waals surface area contributed by atoms with E-state index in [1.165, 1.54) is 32.1 Å². The Hall–Kier alpha value is -1.91. The van der Waals surface area contributed by atoms with Crippen LogP contribution in [-0.2, 0) is 4.79 Å². The minimum Gasteiger partial charge on any atom is -0.482 e. The number of ether oxygens (including phenoxy) is 1. The average Bonchev–Trinajstić information content (AvgIpc) is 2.49. The zero-order chi connectivity index (χ0) is 14.8. The number of fused-ring (bicyclic) bond motifs is 1. The van der Waals surface area contributed by atoms with Gasteiger partial charge in [-0.3, -0.25) is 4.79 Å². The number of hydrogen-bond donors (Lipinski definition) is 3. The molecule has 1 atom stereocenters. The lowest BCUT2D eigenvalue weighted by atomic mass is 9.84. The first kappa shape index (κ1) is 14.0. The molecule has 0 bridgehead atoms. The van der Waals surface area contributed by atoms with E-state index in [1.807, 2.05) is 6.07 Å². The molecule has 0 aromatic heterocycles. The van der Waals surface area contributed by atoms with Crippen LogP contribution in [0.4, 0.5) is 17.1 Å². The molecule has 0 spiro atoms. The van der Waals surface area contributed by atoms with Crippen molar-refractivity contribution < 1.29 is 9.53 Å². The zero-order valence-corrected chi connectivity index (χ0v) is 12.4. The van der Waals surface area contributed by atoms with Crippen LogP contribution >= 0.6 is 0 Å². The van der Waals surface area contributed by atoms with Gasteiger partial charge in [-0.2, -0.15) is 0 Å². The Morgan fingerprint density at radius 3 is 2.86 bits per heavy atom. The van der Waals surface area contributed by atoms with Crippen LogP contribution in [0.3, 0.4) is 0 Å². The number of hydrogen-bond acceptors (Lipinski definition) is 4. The fourth-order valence-corrected chi connectivity index (χ4v) is 3.26. The van der Waals surface area contributed by atoms with Gasteiger partial charge in [0.25, 0.3) is 5.91 Å². The Morgan fingerprint density at radius 1 is 1.33 bits per heavy atom. The highest BCUT2D eigenvalue weighted by Gasteiger charge is 2.22. The Bertz CT molecular complexity index is 539. The van der Waals surface area contributed by atoms with Crippen molar-refractivity contribution >= 4 is 23.0 Å². The van der Waals surface area contributed by atoms with Gasteiger partial charge >= 0.3 is 0 Å². The maximum Gasteiger partial charge on any atom is 0.262 e. The second-order valence-corrected chi connectivity index (χ2v) is 6.10. The highest BCUT2D eigenvalue weighted by molar-refractivity contribution is 5.97. The van der Waals surface area contributed by atoms with E-state index in [1.54, 1.807) is 6.07 Å². The van der Waals surface area contributed by atoms with Crippen LogP contribution in [0.15, 0.2) is 12.1 Å². The highest BCUT2D eigenvalue weighted by Crippen LogP contribution is 2.36. The van der Waals surface area contributed by atoms with Crippen LogP contribution in [0.5, 0.6) is 5.75 Å². The van der Waals surface area contributed by atoms with E-state index in [0.29, 0.717) is 29.1 Å². The molecule has 1 aromatic carbocycles. The third-order valence-corrected chi connectivity index (χ3v) is 4.52. The summed E-state index contributed by atoms with van der Waals surface area (Å²) in [5.41, 5.74) is 8.33. The molecule has 0 saturated heterocycles. The summed E-state index contributed by atoms with van der Waals surface area (Å²) >= 11 is 0. The number of anilines is 3. The molecule has 1 amide bonds. The summed E-state index contributed by atoms with van der Waals surface area (Å²) in [6, 6.07) is 4.04. The summed E-state index contributed by atoms with van der Waals surface area (Å²) in [5.74, 6) is 1.21. The summed E-state index contributed by atoms with van der Waals surface area (Å²) in [6.45, 7) is 2.27. The lowest BCUT2D eigenvalue weighted by Gasteiger charge is -2.30. The molecule has 5 nitrogen and oxygen atoms in total. The molecular formula is C16H23N3O2. The summed E-state index contributed by atoms with van der Waals surface area (Å²) in [4.78, 5) is 11.4. The largest absolute Gasteiger partial charge is 0.482 e. The van der Waals surface area contributed by atoms with Crippen LogP contribution in [-0.4, -0.2) is 18.6 Å². The number of nitrogen functional groups attached to an aromatic ring is 1. The summed E-state index contributed by atoms with van der Waals surface area (Å²) < 4.78 is 5.37. The zero-order valence-electron chi connectivity index (χ0n) is 12.4. The van der Waals surface area contributed by atoms with Crippen LogP contribution in [0.1, 0.15) is 39.0 Å². The van der Waals surface area contributed by atoms with Gasteiger partial charge in [-0.1, -0.05) is 19.3 Å². The van der Waals surface area contributed by atoms with E-state index in [-0.39, 0.29) is 12.5 Å². The Morgan fingerprint density at radius 2 is 2.10 bits per heavy atom. The third kappa shape index (κ3) is 3.06. The minimum absolute atomic E-state index is 0.0533. The fourth-order valence-electron chi connectivity index (χ4n) is 3.26. The van der Waals surface area contributed by atoms with Gasteiger partial charge < -0.3 is 21.1 Å². The molecule has 1 fully saturated rings. The Kier molecular flexibility index (Phi) is 3.90. The molecule has 1 aromatic rings. The molecule has 0 radical (unpaired) electrons. The summed E-state index contributed by atoms with van der Waals surface area (Å²) in [6.07, 6.45) is 6.55.